The number of aliphatic hydroxyl groups excluding tert-OH is 1. The zero-order valence-electron chi connectivity index (χ0n) is 18.1. The summed E-state index contributed by atoms with van der Waals surface area (Å²) in [6.45, 7) is 0.677. The van der Waals surface area contributed by atoms with Crippen molar-refractivity contribution in [3.8, 4) is 0 Å². The number of H-pyrrole nitrogens is 1. The number of hydrogen-bond donors (Lipinski definition) is 2. The van der Waals surface area contributed by atoms with Crippen LogP contribution in [-0.2, 0) is 4.74 Å². The highest BCUT2D eigenvalue weighted by atomic mass is 16.5. The number of aromatic amines is 1. The van der Waals surface area contributed by atoms with Gasteiger partial charge in [-0.15, -0.1) is 0 Å². The third-order valence-corrected chi connectivity index (χ3v) is 5.83. The molecule has 0 amide bonds. The van der Waals surface area contributed by atoms with E-state index >= 15 is 0 Å². The Labute approximate surface area is 147 Å². The number of esters is 1. The Morgan fingerprint density at radius 3 is 2.75 bits per heavy atom. The van der Waals surface area contributed by atoms with E-state index in [1.807, 2.05) is 0 Å². The molecule has 0 spiro atoms. The molecule has 0 radical (unpaired) electrons. The van der Waals surface area contributed by atoms with Gasteiger partial charge in [0.2, 0.25) is 0 Å². The first-order valence-corrected chi connectivity index (χ1v) is 8.49. The van der Waals surface area contributed by atoms with Crippen molar-refractivity contribution >= 4 is 16.9 Å². The predicted molar refractivity (Wildman–Crippen MR) is 89.7 cm³/mol. The molecule has 4 saturated heterocycles. The summed E-state index contributed by atoms with van der Waals surface area (Å²) in [6, 6.07) is -0.933. The van der Waals surface area contributed by atoms with E-state index in [0.29, 0.717) is 25.3 Å². The molecule has 4 unspecified atom stereocenters. The maximum atomic E-state index is 12.9. The minimum Gasteiger partial charge on any atom is -0.459 e. The van der Waals surface area contributed by atoms with Gasteiger partial charge in [0.25, 0.3) is 0 Å². The summed E-state index contributed by atoms with van der Waals surface area (Å²) in [5.74, 6) is -0.410. The fraction of sp³-hybridized carbons (Fsp3) is 0.526. The lowest BCUT2D eigenvalue weighted by atomic mass is 9.71. The highest BCUT2D eigenvalue weighted by Gasteiger charge is 2.49. The third kappa shape index (κ3) is 2.19. The zero-order valence-corrected chi connectivity index (χ0v) is 13.1. The summed E-state index contributed by atoms with van der Waals surface area (Å²) in [7, 11) is 0. The van der Waals surface area contributed by atoms with Gasteiger partial charge in [0.15, 0.2) is 0 Å². The van der Waals surface area contributed by atoms with Crippen molar-refractivity contribution in [3.63, 3.8) is 0 Å². The van der Waals surface area contributed by atoms with E-state index < -0.39 is 18.1 Å². The van der Waals surface area contributed by atoms with Gasteiger partial charge in [-0.05, 0) is 24.8 Å². The number of benzene rings is 1. The van der Waals surface area contributed by atoms with Crippen molar-refractivity contribution in [2.45, 2.75) is 50.0 Å². The van der Waals surface area contributed by atoms with Crippen molar-refractivity contribution in [3.05, 3.63) is 35.9 Å². The lowest BCUT2D eigenvalue weighted by Gasteiger charge is -2.56. The monoisotopic (exact) mass is 331 g/mol. The lowest BCUT2D eigenvalue weighted by Crippen LogP contribution is -2.64. The molecule has 4 fully saturated rings. The second-order valence-corrected chi connectivity index (χ2v) is 7.18. The first-order chi connectivity index (χ1) is 13.8. The average molecular weight is 331 g/mol. The molecule has 0 aliphatic carbocycles. The molecule has 0 saturated carbocycles. The molecular weight excluding hydrogens is 304 g/mol. The van der Waals surface area contributed by atoms with E-state index in [0.717, 1.165) is 12.8 Å². The third-order valence-electron chi connectivity index (χ3n) is 5.83. The van der Waals surface area contributed by atoms with Gasteiger partial charge in [-0.3, -0.25) is 4.90 Å². The molecule has 1 aromatic heterocycles. The summed E-state index contributed by atoms with van der Waals surface area (Å²) in [4.78, 5) is 17.9. The number of fused-ring (bicyclic) bond motifs is 2. The molecule has 5 heteroatoms. The maximum absolute atomic E-state index is 12.9. The molecular formula is C19H22N2O3. The van der Waals surface area contributed by atoms with Crippen LogP contribution in [0, 0.1) is 5.92 Å². The number of rotatable bonds is 2. The fourth-order valence-electron chi connectivity index (χ4n) is 4.75. The topological polar surface area (TPSA) is 65.6 Å². The number of para-hydroxylation sites is 1. The second-order valence-electron chi connectivity index (χ2n) is 7.18. The van der Waals surface area contributed by atoms with E-state index in [1.165, 1.54) is 0 Å². The van der Waals surface area contributed by atoms with Crippen LogP contribution in [0.3, 0.4) is 0 Å². The first kappa shape index (κ1) is 10.2. The Morgan fingerprint density at radius 1 is 1.25 bits per heavy atom. The van der Waals surface area contributed by atoms with Crippen molar-refractivity contribution in [1.82, 2.24) is 9.88 Å². The smallest absolute Gasteiger partial charge is 0.340 e. The number of nitrogens with zero attached hydrogens (tertiary/aromatic N) is 1. The fourth-order valence-corrected chi connectivity index (χ4v) is 4.75. The molecule has 6 atom stereocenters. The van der Waals surface area contributed by atoms with Crippen LogP contribution in [0.5, 0.6) is 0 Å². The van der Waals surface area contributed by atoms with Crippen LogP contribution < -0.4 is 0 Å². The predicted octanol–water partition coefficient (Wildman–Crippen LogP) is 2.31. The van der Waals surface area contributed by atoms with Crippen molar-refractivity contribution < 1.29 is 21.5 Å². The number of aromatic nitrogens is 1. The van der Waals surface area contributed by atoms with Crippen molar-refractivity contribution in [2.24, 2.45) is 5.92 Å². The summed E-state index contributed by atoms with van der Waals surface area (Å²) in [5, 5.41) is 10.1. The summed E-state index contributed by atoms with van der Waals surface area (Å²) in [5.41, 5.74) is -0.0918. The van der Waals surface area contributed by atoms with Gasteiger partial charge < -0.3 is 14.8 Å². The van der Waals surface area contributed by atoms with Crippen molar-refractivity contribution in [2.75, 3.05) is 6.54 Å². The molecule has 5 heterocycles. The maximum Gasteiger partial charge on any atom is 0.340 e. The van der Waals surface area contributed by atoms with Gasteiger partial charge in [0.05, 0.1) is 18.5 Å². The number of nitrogens with one attached hydrogen (secondary N) is 1. The molecule has 4 aliphatic heterocycles. The number of ether oxygens (including phenoxy) is 1. The van der Waals surface area contributed by atoms with Crippen LogP contribution in [-0.4, -0.2) is 51.8 Å². The van der Waals surface area contributed by atoms with Crippen molar-refractivity contribution in [1.29, 1.82) is 0 Å². The second kappa shape index (κ2) is 5.33. The normalized spacial score (nSPS) is 40.5. The number of carbonyl (C=O) groups excluding carboxylic acids is 1. The molecule has 126 valence electrons. The average Bonchev–Trinajstić information content (AvgIpc) is 3.02. The molecule has 5 nitrogen and oxygen atoms in total. The van der Waals surface area contributed by atoms with Crippen LogP contribution in [0.2, 0.25) is 0 Å². The Balaban J connectivity index is 1.43. The molecule has 6 rings (SSSR count). The Morgan fingerprint density at radius 2 is 2.00 bits per heavy atom. The molecule has 2 N–H and O–H groups in total. The van der Waals surface area contributed by atoms with Crippen LogP contribution in [0.1, 0.15) is 42.9 Å². The number of carbonyl (C=O) groups is 1. The van der Waals surface area contributed by atoms with E-state index in [4.69, 9.17) is 11.6 Å². The van der Waals surface area contributed by atoms with Gasteiger partial charge in [0, 0.05) is 48.5 Å². The van der Waals surface area contributed by atoms with Crippen LogP contribution in [0.15, 0.2) is 30.3 Å². The molecule has 24 heavy (non-hydrogen) atoms. The van der Waals surface area contributed by atoms with E-state index in [-0.39, 0.29) is 59.0 Å². The SMILES string of the molecule is [2H]c1[nH]c2c([2H])c([2H])c([2H])c([2H])c2c1C(=O)OC1C[C@@H]2CC3C[C@H](C1)N2CC3O. The molecule has 2 aromatic rings. The number of hydrogen-bond acceptors (Lipinski definition) is 4. The summed E-state index contributed by atoms with van der Waals surface area (Å²) in [6.07, 6.45) is 2.32. The van der Waals surface area contributed by atoms with Crippen LogP contribution in [0.4, 0.5) is 0 Å². The standard InChI is InChI=1S/C19H22N2O3/c22-18-10-21-12-5-11(18)6-13(21)8-14(7-12)24-19(23)16-9-20-17-4-2-1-3-15(16)17/h1-4,9,11-14,18,20,22H,5-8,10H2/t11?,12-,13+,14?,18?/i1D,2D,3D,4D,9D. The zero-order chi connectivity index (χ0) is 20.6. The van der Waals surface area contributed by atoms with Crippen LogP contribution >= 0.6 is 0 Å². The highest BCUT2D eigenvalue weighted by molar-refractivity contribution is 6.04. The molecule has 4 aliphatic rings. The van der Waals surface area contributed by atoms with E-state index in [2.05, 4.69) is 9.88 Å². The lowest BCUT2D eigenvalue weighted by molar-refractivity contribution is -0.130. The molecule has 4 bridgehead atoms. The quantitative estimate of drug-likeness (QED) is 0.829. The van der Waals surface area contributed by atoms with Gasteiger partial charge in [-0.1, -0.05) is 18.1 Å². The minimum absolute atomic E-state index is 0.00735. The van der Waals surface area contributed by atoms with E-state index in [9.17, 15) is 9.90 Å². The van der Waals surface area contributed by atoms with Crippen LogP contribution in [0.25, 0.3) is 10.9 Å². The van der Waals surface area contributed by atoms with E-state index in [1.54, 1.807) is 0 Å². The highest BCUT2D eigenvalue weighted by Crippen LogP contribution is 2.43. The van der Waals surface area contributed by atoms with Gasteiger partial charge in [-0.25, -0.2) is 4.79 Å². The summed E-state index contributed by atoms with van der Waals surface area (Å²) < 4.78 is 45.6. The van der Waals surface area contributed by atoms with Gasteiger partial charge in [0.1, 0.15) is 6.10 Å². The summed E-state index contributed by atoms with van der Waals surface area (Å²) >= 11 is 0. The Kier molecular flexibility index (Phi) is 2.27. The largest absolute Gasteiger partial charge is 0.459 e. The Bertz CT molecular complexity index is 1010. The Hall–Kier alpha value is -1.85. The van der Waals surface area contributed by atoms with Gasteiger partial charge in [-0.2, -0.15) is 0 Å². The minimum atomic E-state index is -0.726. The first-order valence-electron chi connectivity index (χ1n) is 11.0. The van der Waals surface area contributed by atoms with Gasteiger partial charge >= 0.3 is 5.97 Å². The number of piperidine rings is 4. The number of aliphatic hydroxyl groups is 1. The molecule has 1 aromatic carbocycles.